The predicted octanol–water partition coefficient (Wildman–Crippen LogP) is 5.60. The average molecular weight is 510 g/mol. The molecule has 0 saturated carbocycles. The van der Waals surface area contributed by atoms with Crippen molar-refractivity contribution in [2.45, 2.75) is 6.92 Å². The molecule has 1 amide bonds. The Labute approximate surface area is 210 Å². The van der Waals surface area contributed by atoms with E-state index in [1.165, 1.54) is 35.9 Å². The van der Waals surface area contributed by atoms with Crippen molar-refractivity contribution in [2.24, 2.45) is 0 Å². The van der Waals surface area contributed by atoms with Crippen LogP contribution >= 0.6 is 24.0 Å². The second-order valence-electron chi connectivity index (χ2n) is 7.07. The van der Waals surface area contributed by atoms with E-state index in [0.29, 0.717) is 38.6 Å². The first-order valence-corrected chi connectivity index (χ1v) is 11.6. The Hall–Kier alpha value is -3.96. The molecule has 0 atom stereocenters. The minimum absolute atomic E-state index is 0.137. The minimum Gasteiger partial charge on any atom is -0.494 e. The highest BCUT2D eigenvalue weighted by atomic mass is 32.2. The first-order valence-electron chi connectivity index (χ1n) is 10.4. The van der Waals surface area contributed by atoms with Crippen molar-refractivity contribution < 1.29 is 23.9 Å². The summed E-state index contributed by atoms with van der Waals surface area (Å²) in [5.41, 5.74) is 1.23. The van der Waals surface area contributed by atoms with Crippen molar-refractivity contribution in [1.82, 2.24) is 4.98 Å². The van der Waals surface area contributed by atoms with Gasteiger partial charge in [-0.3, -0.25) is 19.8 Å². The summed E-state index contributed by atoms with van der Waals surface area (Å²) < 4.78 is 17.0. The summed E-state index contributed by atoms with van der Waals surface area (Å²) in [5, 5.41) is 10.8. The smallest absolute Gasteiger partial charge is 0.287 e. The van der Waals surface area contributed by atoms with Crippen LogP contribution < -0.4 is 19.1 Å². The van der Waals surface area contributed by atoms with Gasteiger partial charge in [-0.1, -0.05) is 30.0 Å². The van der Waals surface area contributed by atoms with E-state index in [1.54, 1.807) is 48.5 Å². The lowest BCUT2D eigenvalue weighted by Crippen LogP contribution is -2.27. The molecule has 35 heavy (non-hydrogen) atoms. The van der Waals surface area contributed by atoms with Gasteiger partial charge in [0.2, 0.25) is 5.88 Å². The lowest BCUT2D eigenvalue weighted by molar-refractivity contribution is -0.385. The number of hydrogen-bond acceptors (Lipinski definition) is 9. The van der Waals surface area contributed by atoms with Gasteiger partial charge in [0.25, 0.3) is 11.6 Å². The van der Waals surface area contributed by atoms with Gasteiger partial charge in [0.1, 0.15) is 11.9 Å². The number of carbonyl (C=O) groups is 1. The third-order valence-corrected chi connectivity index (χ3v) is 6.13. The number of carbonyl (C=O) groups excluding carboxylic acids is 1. The summed E-state index contributed by atoms with van der Waals surface area (Å²) in [6.45, 7) is 2.46. The highest BCUT2D eigenvalue weighted by molar-refractivity contribution is 8.27. The molecule has 0 unspecified atom stereocenters. The molecule has 4 rings (SSSR count). The Morgan fingerprint density at radius 2 is 1.91 bits per heavy atom. The molecule has 1 fully saturated rings. The van der Waals surface area contributed by atoms with Crippen LogP contribution in [-0.2, 0) is 4.79 Å². The maximum atomic E-state index is 13.1. The molecule has 1 aliphatic heterocycles. The number of aromatic nitrogens is 1. The van der Waals surface area contributed by atoms with Crippen molar-refractivity contribution in [1.29, 1.82) is 0 Å². The lowest BCUT2D eigenvalue weighted by atomic mass is 10.1. The van der Waals surface area contributed by atoms with E-state index < -0.39 is 4.92 Å². The topological polar surface area (TPSA) is 104 Å². The van der Waals surface area contributed by atoms with Crippen molar-refractivity contribution in [3.8, 4) is 23.1 Å². The summed E-state index contributed by atoms with van der Waals surface area (Å²) in [5.74, 6) is 1.45. The quantitative estimate of drug-likeness (QED) is 0.166. The summed E-state index contributed by atoms with van der Waals surface area (Å²) in [4.78, 5) is 29.2. The molecule has 0 bridgehead atoms. The molecule has 178 valence electrons. The molecule has 0 spiro atoms. The zero-order valence-corrected chi connectivity index (χ0v) is 20.3. The van der Waals surface area contributed by atoms with Crippen molar-refractivity contribution >= 4 is 51.7 Å². The Morgan fingerprint density at radius 1 is 1.14 bits per heavy atom. The Balaban J connectivity index is 1.53. The molecule has 2 aromatic carbocycles. The third kappa shape index (κ3) is 5.42. The number of hydrogen-bond donors (Lipinski definition) is 0. The van der Waals surface area contributed by atoms with Gasteiger partial charge in [-0.25, -0.2) is 4.98 Å². The standard InChI is InChI=1S/C24H19N3O6S2/c1-3-32-18-8-5-16(6-9-18)26-23(28)21(35-24(26)34)13-15-4-10-19(20(12-15)31-2)33-22-11-7-17(14-25-22)27(29)30/h4-14H,3H2,1-2H3. The van der Waals surface area contributed by atoms with Crippen LogP contribution in [0.5, 0.6) is 23.1 Å². The summed E-state index contributed by atoms with van der Waals surface area (Å²) in [6, 6.07) is 15.0. The second kappa shape index (κ2) is 10.5. The van der Waals surface area contributed by atoms with Crippen LogP contribution in [0.1, 0.15) is 12.5 Å². The maximum Gasteiger partial charge on any atom is 0.287 e. The monoisotopic (exact) mass is 509 g/mol. The van der Waals surface area contributed by atoms with Gasteiger partial charge in [0, 0.05) is 12.1 Å². The van der Waals surface area contributed by atoms with E-state index in [0.717, 1.165) is 11.9 Å². The number of thiocarbonyl (C=S) groups is 1. The van der Waals surface area contributed by atoms with Gasteiger partial charge in [0.05, 0.1) is 29.2 Å². The van der Waals surface area contributed by atoms with Crippen LogP contribution in [0.4, 0.5) is 11.4 Å². The van der Waals surface area contributed by atoms with Gasteiger partial charge in [0.15, 0.2) is 15.8 Å². The molecule has 9 nitrogen and oxygen atoms in total. The summed E-state index contributed by atoms with van der Waals surface area (Å²) in [7, 11) is 1.49. The molecular formula is C24H19N3O6S2. The molecule has 2 heterocycles. The van der Waals surface area contributed by atoms with E-state index in [9.17, 15) is 14.9 Å². The molecule has 1 aliphatic rings. The van der Waals surface area contributed by atoms with E-state index in [-0.39, 0.29) is 17.5 Å². The average Bonchev–Trinajstić information content (AvgIpc) is 3.13. The van der Waals surface area contributed by atoms with Gasteiger partial charge in [-0.15, -0.1) is 0 Å². The van der Waals surface area contributed by atoms with Gasteiger partial charge in [-0.2, -0.15) is 0 Å². The number of pyridine rings is 1. The number of anilines is 1. The number of thioether (sulfide) groups is 1. The number of nitro groups is 1. The second-order valence-corrected chi connectivity index (χ2v) is 8.74. The SMILES string of the molecule is CCOc1ccc(N2C(=O)C(=Cc3ccc(Oc4ccc([N+](=O)[O-])cn4)c(OC)c3)SC2=S)cc1. The molecule has 11 heteroatoms. The molecule has 1 aromatic heterocycles. The Kier molecular flexibility index (Phi) is 7.28. The molecule has 3 aromatic rings. The van der Waals surface area contributed by atoms with Crippen LogP contribution in [0.25, 0.3) is 6.08 Å². The molecule has 0 aliphatic carbocycles. The number of ether oxygens (including phenoxy) is 3. The minimum atomic E-state index is -0.537. The van der Waals surface area contributed by atoms with Crippen LogP contribution in [0.2, 0.25) is 0 Å². The highest BCUT2D eigenvalue weighted by Crippen LogP contribution is 2.38. The van der Waals surface area contributed by atoms with Gasteiger partial charge < -0.3 is 14.2 Å². The normalized spacial score (nSPS) is 14.3. The fraction of sp³-hybridized carbons (Fsp3) is 0.125. The van der Waals surface area contributed by atoms with Crippen LogP contribution in [0, 0.1) is 10.1 Å². The Morgan fingerprint density at radius 3 is 2.54 bits per heavy atom. The van der Waals surface area contributed by atoms with E-state index >= 15 is 0 Å². The fourth-order valence-corrected chi connectivity index (χ4v) is 4.51. The summed E-state index contributed by atoms with van der Waals surface area (Å²) in [6.07, 6.45) is 2.84. The van der Waals surface area contributed by atoms with E-state index in [2.05, 4.69) is 4.98 Å². The van der Waals surface area contributed by atoms with Crippen LogP contribution in [-0.4, -0.2) is 33.9 Å². The number of amides is 1. The van der Waals surface area contributed by atoms with Crippen molar-refractivity contribution in [3.63, 3.8) is 0 Å². The molecular weight excluding hydrogens is 490 g/mol. The van der Waals surface area contributed by atoms with Gasteiger partial charge in [-0.05, 0) is 55.0 Å². The molecule has 1 saturated heterocycles. The van der Waals surface area contributed by atoms with E-state index in [1.807, 2.05) is 6.92 Å². The van der Waals surface area contributed by atoms with Crippen LogP contribution in [0.3, 0.4) is 0 Å². The number of methoxy groups -OCH3 is 1. The van der Waals surface area contributed by atoms with E-state index in [4.69, 9.17) is 26.4 Å². The summed E-state index contributed by atoms with van der Waals surface area (Å²) >= 11 is 6.66. The lowest BCUT2D eigenvalue weighted by Gasteiger charge is -2.15. The van der Waals surface area contributed by atoms with Crippen molar-refractivity contribution in [3.05, 3.63) is 81.4 Å². The number of benzene rings is 2. The number of rotatable bonds is 8. The van der Waals surface area contributed by atoms with Crippen LogP contribution in [0.15, 0.2) is 65.7 Å². The Bertz CT molecular complexity index is 1310. The van der Waals surface area contributed by atoms with Gasteiger partial charge >= 0.3 is 0 Å². The highest BCUT2D eigenvalue weighted by Gasteiger charge is 2.33. The molecule has 0 N–H and O–H groups in total. The molecule has 0 radical (unpaired) electrons. The maximum absolute atomic E-state index is 13.1. The predicted molar refractivity (Wildman–Crippen MR) is 137 cm³/mol. The first kappa shape index (κ1) is 24.2. The largest absolute Gasteiger partial charge is 0.494 e. The zero-order chi connectivity index (χ0) is 24.9. The van der Waals surface area contributed by atoms with Crippen molar-refractivity contribution in [2.75, 3.05) is 18.6 Å². The fourth-order valence-electron chi connectivity index (χ4n) is 3.21. The first-order chi connectivity index (χ1) is 16.9. The zero-order valence-electron chi connectivity index (χ0n) is 18.7. The number of nitrogens with zero attached hydrogens (tertiary/aromatic N) is 3. The third-order valence-electron chi connectivity index (χ3n) is 4.83.